The van der Waals surface area contributed by atoms with Crippen LogP contribution in [-0.2, 0) is 4.79 Å². The molecule has 12 heavy (non-hydrogen) atoms. The minimum Gasteiger partial charge on any atom is -0.299 e. The van der Waals surface area contributed by atoms with E-state index in [0.717, 1.165) is 19.3 Å². The van der Waals surface area contributed by atoms with Crippen molar-refractivity contribution in [3.8, 4) is 0 Å². The van der Waals surface area contributed by atoms with E-state index >= 15 is 0 Å². The van der Waals surface area contributed by atoms with Gasteiger partial charge in [-0.3, -0.25) is 4.79 Å². The fourth-order valence-corrected chi connectivity index (χ4v) is 1.45. The van der Waals surface area contributed by atoms with Gasteiger partial charge in [0.1, 0.15) is 5.78 Å². The van der Waals surface area contributed by atoms with Gasteiger partial charge in [0.05, 0.1) is 0 Å². The van der Waals surface area contributed by atoms with Crippen molar-refractivity contribution >= 4 is 5.78 Å². The van der Waals surface area contributed by atoms with Crippen LogP contribution in [0.25, 0.3) is 0 Å². The monoisotopic (exact) mass is 168 g/mol. The van der Waals surface area contributed by atoms with Crippen molar-refractivity contribution in [1.82, 2.24) is 0 Å². The van der Waals surface area contributed by atoms with E-state index in [1.54, 1.807) is 0 Å². The summed E-state index contributed by atoms with van der Waals surface area (Å²) in [5.41, 5.74) is 0.313. The van der Waals surface area contributed by atoms with Gasteiger partial charge < -0.3 is 0 Å². The molecule has 1 aliphatic carbocycles. The lowest BCUT2D eigenvalue weighted by Gasteiger charge is -2.16. The molecule has 0 N–H and O–H groups in total. The van der Waals surface area contributed by atoms with Gasteiger partial charge in [-0.25, -0.2) is 0 Å². The average Bonchev–Trinajstić information content (AvgIpc) is 2.60. The highest BCUT2D eigenvalue weighted by Gasteiger charge is 2.38. The van der Waals surface area contributed by atoms with Crippen molar-refractivity contribution in [2.75, 3.05) is 0 Å². The Morgan fingerprint density at radius 1 is 1.42 bits per heavy atom. The Balaban J connectivity index is 2.20. The lowest BCUT2D eigenvalue weighted by atomic mass is 9.89. The highest BCUT2D eigenvalue weighted by Crippen LogP contribution is 2.40. The van der Waals surface area contributed by atoms with Crippen LogP contribution in [0.2, 0.25) is 0 Å². The number of hydrogen-bond donors (Lipinski definition) is 0. The fraction of sp³-hybridized carbons (Fsp3) is 0.909. The molecule has 1 aliphatic rings. The summed E-state index contributed by atoms with van der Waals surface area (Å²) in [5.74, 6) is 1.60. The van der Waals surface area contributed by atoms with E-state index < -0.39 is 0 Å². The smallest absolute Gasteiger partial charge is 0.136 e. The number of hydrogen-bond acceptors (Lipinski definition) is 1. The van der Waals surface area contributed by atoms with Crippen LogP contribution in [-0.4, -0.2) is 5.78 Å². The molecule has 2 unspecified atom stereocenters. The van der Waals surface area contributed by atoms with Crippen LogP contribution < -0.4 is 0 Å². The second-order valence-electron chi connectivity index (χ2n) is 5.35. The molecule has 0 aromatic carbocycles. The molecule has 0 heterocycles. The van der Waals surface area contributed by atoms with E-state index in [-0.39, 0.29) is 0 Å². The van der Waals surface area contributed by atoms with Crippen molar-refractivity contribution in [3.63, 3.8) is 0 Å². The minimum atomic E-state index is 0.313. The van der Waals surface area contributed by atoms with Gasteiger partial charge in [0.2, 0.25) is 0 Å². The van der Waals surface area contributed by atoms with Crippen LogP contribution in [0.5, 0.6) is 0 Å². The minimum absolute atomic E-state index is 0.313. The second kappa shape index (κ2) is 3.20. The van der Waals surface area contributed by atoms with Gasteiger partial charge in [-0.1, -0.05) is 27.7 Å². The number of rotatable bonds is 3. The third kappa shape index (κ3) is 2.96. The molecule has 0 aromatic rings. The maximum Gasteiger partial charge on any atom is 0.136 e. The summed E-state index contributed by atoms with van der Waals surface area (Å²) in [6, 6.07) is 0. The van der Waals surface area contributed by atoms with E-state index in [1.807, 2.05) is 0 Å². The largest absolute Gasteiger partial charge is 0.299 e. The summed E-state index contributed by atoms with van der Waals surface area (Å²) in [6.07, 6.45) is 2.97. The Hall–Kier alpha value is -0.330. The molecule has 70 valence electrons. The Morgan fingerprint density at radius 3 is 2.25 bits per heavy atom. The second-order valence-corrected chi connectivity index (χ2v) is 5.35. The van der Waals surface area contributed by atoms with Crippen LogP contribution in [0, 0.1) is 17.3 Å². The van der Waals surface area contributed by atoms with E-state index in [2.05, 4.69) is 27.7 Å². The van der Waals surface area contributed by atoms with Gasteiger partial charge in [-0.2, -0.15) is 0 Å². The molecule has 0 aliphatic heterocycles. The maximum atomic E-state index is 11.5. The van der Waals surface area contributed by atoms with Crippen molar-refractivity contribution in [1.29, 1.82) is 0 Å². The summed E-state index contributed by atoms with van der Waals surface area (Å²) in [7, 11) is 0. The third-order valence-corrected chi connectivity index (χ3v) is 2.64. The highest BCUT2D eigenvalue weighted by molar-refractivity contribution is 5.83. The first-order valence-corrected chi connectivity index (χ1v) is 4.93. The average molecular weight is 168 g/mol. The highest BCUT2D eigenvalue weighted by atomic mass is 16.1. The predicted octanol–water partition coefficient (Wildman–Crippen LogP) is 3.04. The van der Waals surface area contributed by atoms with Crippen molar-refractivity contribution in [2.24, 2.45) is 17.3 Å². The Labute approximate surface area is 75.5 Å². The molecule has 0 saturated heterocycles. The molecule has 0 aromatic heterocycles. The molecule has 0 spiro atoms. The fourth-order valence-electron chi connectivity index (χ4n) is 1.45. The zero-order chi connectivity index (χ0) is 9.35. The summed E-state index contributed by atoms with van der Waals surface area (Å²) < 4.78 is 0. The van der Waals surface area contributed by atoms with Crippen molar-refractivity contribution in [3.05, 3.63) is 0 Å². The molecular formula is C11H20O. The first-order chi connectivity index (χ1) is 5.40. The third-order valence-electron chi connectivity index (χ3n) is 2.64. The van der Waals surface area contributed by atoms with Crippen LogP contribution in [0.15, 0.2) is 0 Å². The number of Topliss-reactive ketones (excluding diaryl/α,β-unsaturated/α-hetero) is 1. The van der Waals surface area contributed by atoms with Gasteiger partial charge in [0.25, 0.3) is 0 Å². The van der Waals surface area contributed by atoms with E-state index in [1.165, 1.54) is 0 Å². The molecule has 0 bridgehead atoms. The van der Waals surface area contributed by atoms with Gasteiger partial charge in [-0.05, 0) is 24.2 Å². The maximum absolute atomic E-state index is 11.5. The Morgan fingerprint density at radius 2 is 1.92 bits per heavy atom. The first kappa shape index (κ1) is 9.76. The van der Waals surface area contributed by atoms with E-state index in [9.17, 15) is 4.79 Å². The molecule has 0 radical (unpaired) electrons. The topological polar surface area (TPSA) is 17.1 Å². The van der Waals surface area contributed by atoms with Gasteiger partial charge in [0, 0.05) is 12.3 Å². The van der Waals surface area contributed by atoms with Crippen LogP contribution >= 0.6 is 0 Å². The number of carbonyl (C=O) groups is 1. The SMILES string of the molecule is CC1CC1C(=O)CCC(C)(C)C. The summed E-state index contributed by atoms with van der Waals surface area (Å²) in [5, 5.41) is 0. The molecule has 1 saturated carbocycles. The molecule has 1 rings (SSSR count). The van der Waals surface area contributed by atoms with Crippen LogP contribution in [0.4, 0.5) is 0 Å². The predicted molar refractivity (Wildman–Crippen MR) is 51.0 cm³/mol. The number of carbonyl (C=O) groups excluding carboxylic acids is 1. The van der Waals surface area contributed by atoms with Gasteiger partial charge in [0.15, 0.2) is 0 Å². The molecule has 2 atom stereocenters. The Bertz CT molecular complexity index is 176. The molecule has 1 nitrogen and oxygen atoms in total. The summed E-state index contributed by atoms with van der Waals surface area (Å²) in [6.45, 7) is 8.74. The molecule has 1 heteroatoms. The van der Waals surface area contributed by atoms with Crippen LogP contribution in [0.1, 0.15) is 47.0 Å². The summed E-state index contributed by atoms with van der Waals surface area (Å²) in [4.78, 5) is 11.5. The van der Waals surface area contributed by atoms with E-state index in [0.29, 0.717) is 23.0 Å². The van der Waals surface area contributed by atoms with Gasteiger partial charge >= 0.3 is 0 Å². The van der Waals surface area contributed by atoms with Crippen molar-refractivity contribution < 1.29 is 4.79 Å². The lowest BCUT2D eigenvalue weighted by Crippen LogP contribution is -2.10. The van der Waals surface area contributed by atoms with Gasteiger partial charge in [-0.15, -0.1) is 0 Å². The Kier molecular flexibility index (Phi) is 2.60. The van der Waals surface area contributed by atoms with E-state index in [4.69, 9.17) is 0 Å². The lowest BCUT2D eigenvalue weighted by molar-refractivity contribution is -0.121. The molecule has 0 amide bonds. The molecule has 1 fully saturated rings. The normalized spacial score (nSPS) is 28.7. The first-order valence-electron chi connectivity index (χ1n) is 4.93. The van der Waals surface area contributed by atoms with Crippen LogP contribution in [0.3, 0.4) is 0 Å². The summed E-state index contributed by atoms with van der Waals surface area (Å²) >= 11 is 0. The number of ketones is 1. The van der Waals surface area contributed by atoms with Crippen molar-refractivity contribution in [2.45, 2.75) is 47.0 Å². The quantitative estimate of drug-likeness (QED) is 0.633. The zero-order valence-electron chi connectivity index (χ0n) is 8.68. The standard InChI is InChI=1S/C11H20O/c1-8-7-9(8)10(12)5-6-11(2,3)4/h8-9H,5-7H2,1-4H3. The molecular weight excluding hydrogens is 148 g/mol. The zero-order valence-corrected chi connectivity index (χ0v) is 8.68.